The maximum Gasteiger partial charge on any atom is 0.416 e. The van der Waals surface area contributed by atoms with E-state index in [0.29, 0.717) is 12.1 Å². The van der Waals surface area contributed by atoms with Gasteiger partial charge in [-0.05, 0) is 30.3 Å². The second-order valence-electron chi connectivity index (χ2n) is 4.34. The maximum atomic E-state index is 12.9. The first-order valence-electron chi connectivity index (χ1n) is 5.90. The maximum absolute atomic E-state index is 12.9. The van der Waals surface area contributed by atoms with Gasteiger partial charge in [-0.15, -0.1) is 0 Å². The largest absolute Gasteiger partial charge is 0.434 e. The van der Waals surface area contributed by atoms with Crippen LogP contribution in [0.2, 0.25) is 15.1 Å². The average molecular weight is 392 g/mol. The van der Waals surface area contributed by atoms with Crippen LogP contribution in [0.15, 0.2) is 30.3 Å². The van der Waals surface area contributed by atoms with Gasteiger partial charge in [-0.1, -0.05) is 34.8 Å². The molecule has 0 spiro atoms. The molecule has 2 aromatic carbocycles. The molecule has 0 aliphatic heterocycles. The number of benzene rings is 2. The van der Waals surface area contributed by atoms with Gasteiger partial charge in [-0.3, -0.25) is 0 Å². The van der Waals surface area contributed by atoms with Crippen molar-refractivity contribution in [3.63, 3.8) is 0 Å². The third-order valence-electron chi connectivity index (χ3n) is 2.81. The molecule has 2 aromatic rings. The monoisotopic (exact) mass is 390 g/mol. The minimum absolute atomic E-state index is 0.0328. The van der Waals surface area contributed by atoms with E-state index in [4.69, 9.17) is 34.8 Å². The van der Waals surface area contributed by atoms with E-state index in [-0.39, 0.29) is 26.2 Å². The number of ether oxygens (including phenoxy) is 1. The molecule has 23 heavy (non-hydrogen) atoms. The summed E-state index contributed by atoms with van der Waals surface area (Å²) in [5.74, 6) is -0.478. The predicted molar refractivity (Wildman–Crippen MR) is 78.5 cm³/mol. The van der Waals surface area contributed by atoms with Crippen LogP contribution in [0.4, 0.5) is 22.0 Å². The third-order valence-corrected chi connectivity index (χ3v) is 3.83. The van der Waals surface area contributed by atoms with Crippen LogP contribution in [0.25, 0.3) is 11.1 Å². The van der Waals surface area contributed by atoms with Crippen molar-refractivity contribution in [2.75, 3.05) is 0 Å². The van der Waals surface area contributed by atoms with Gasteiger partial charge in [-0.2, -0.15) is 22.0 Å². The Balaban J connectivity index is 2.71. The molecule has 0 N–H and O–H groups in total. The van der Waals surface area contributed by atoms with E-state index < -0.39 is 24.1 Å². The van der Waals surface area contributed by atoms with Gasteiger partial charge in [0.05, 0.1) is 15.6 Å². The number of halogens is 8. The summed E-state index contributed by atoms with van der Waals surface area (Å²) in [7, 11) is 0. The molecule has 0 aliphatic rings. The molecule has 124 valence electrons. The Morgan fingerprint density at radius 1 is 0.913 bits per heavy atom. The van der Waals surface area contributed by atoms with Crippen LogP contribution in [0.5, 0.6) is 5.75 Å². The highest BCUT2D eigenvalue weighted by Gasteiger charge is 2.32. The Labute approximate surface area is 142 Å². The molecule has 0 unspecified atom stereocenters. The van der Waals surface area contributed by atoms with Gasteiger partial charge < -0.3 is 4.74 Å². The van der Waals surface area contributed by atoms with Crippen LogP contribution in [0.1, 0.15) is 5.56 Å². The minimum atomic E-state index is -4.67. The normalized spacial score (nSPS) is 11.9. The summed E-state index contributed by atoms with van der Waals surface area (Å²) < 4.78 is 67.8. The van der Waals surface area contributed by atoms with E-state index in [1.807, 2.05) is 0 Å². The Bertz CT molecular complexity index is 731. The molecule has 0 amide bonds. The second kappa shape index (κ2) is 6.71. The summed E-state index contributed by atoms with van der Waals surface area (Å²) in [6.45, 7) is -3.22. The number of rotatable bonds is 3. The van der Waals surface area contributed by atoms with Crippen LogP contribution in [0, 0.1) is 0 Å². The lowest BCUT2D eigenvalue weighted by Crippen LogP contribution is -2.07. The van der Waals surface area contributed by atoms with E-state index in [0.717, 1.165) is 6.07 Å². The Hall–Kier alpha value is -1.24. The molecule has 0 bridgehead atoms. The van der Waals surface area contributed by atoms with E-state index in [2.05, 4.69) is 4.74 Å². The third kappa shape index (κ3) is 4.19. The zero-order valence-electron chi connectivity index (χ0n) is 10.9. The van der Waals surface area contributed by atoms with Gasteiger partial charge in [0.25, 0.3) is 0 Å². The quantitative estimate of drug-likeness (QED) is 0.407. The lowest BCUT2D eigenvalue weighted by Gasteiger charge is -2.16. The van der Waals surface area contributed by atoms with E-state index in [1.165, 1.54) is 12.1 Å². The van der Waals surface area contributed by atoms with Crippen molar-refractivity contribution in [3.8, 4) is 16.9 Å². The Morgan fingerprint density at radius 2 is 1.57 bits per heavy atom. The van der Waals surface area contributed by atoms with E-state index in [1.54, 1.807) is 0 Å². The van der Waals surface area contributed by atoms with Gasteiger partial charge >= 0.3 is 12.8 Å². The Kier molecular flexibility index (Phi) is 5.28. The highest BCUT2D eigenvalue weighted by atomic mass is 35.5. The number of hydrogen-bond donors (Lipinski definition) is 0. The summed E-state index contributed by atoms with van der Waals surface area (Å²) in [6.07, 6.45) is -4.67. The van der Waals surface area contributed by atoms with Crippen molar-refractivity contribution in [2.24, 2.45) is 0 Å². The van der Waals surface area contributed by atoms with Crippen molar-refractivity contribution in [3.05, 3.63) is 51.0 Å². The first kappa shape index (κ1) is 18.1. The van der Waals surface area contributed by atoms with Crippen molar-refractivity contribution in [1.29, 1.82) is 0 Å². The fraction of sp³-hybridized carbons (Fsp3) is 0.143. The van der Waals surface area contributed by atoms with Crippen LogP contribution in [-0.2, 0) is 6.18 Å². The molecule has 2 rings (SSSR count). The van der Waals surface area contributed by atoms with Crippen LogP contribution < -0.4 is 4.74 Å². The smallest absolute Gasteiger partial charge is 0.416 e. The van der Waals surface area contributed by atoms with Gasteiger partial charge in [0, 0.05) is 16.1 Å². The molecule has 0 aliphatic carbocycles. The van der Waals surface area contributed by atoms with Crippen molar-refractivity contribution < 1.29 is 26.7 Å². The zero-order chi connectivity index (χ0) is 17.4. The zero-order valence-corrected chi connectivity index (χ0v) is 13.2. The molecule has 0 atom stereocenters. The fourth-order valence-electron chi connectivity index (χ4n) is 1.87. The topological polar surface area (TPSA) is 9.23 Å². The molecule has 0 radical (unpaired) electrons. The average Bonchev–Trinajstić information content (AvgIpc) is 2.41. The summed E-state index contributed by atoms with van der Waals surface area (Å²) in [5.41, 5.74) is -1.40. The van der Waals surface area contributed by atoms with E-state index in [9.17, 15) is 22.0 Å². The molecular formula is C14H6Cl3F5O. The van der Waals surface area contributed by atoms with Crippen LogP contribution >= 0.6 is 34.8 Å². The summed E-state index contributed by atoms with van der Waals surface area (Å²) in [6, 6.07) is 4.54. The van der Waals surface area contributed by atoms with Gasteiger partial charge in [0.2, 0.25) is 0 Å². The number of alkyl halides is 5. The fourth-order valence-corrected chi connectivity index (χ4v) is 2.57. The molecule has 0 fully saturated rings. The van der Waals surface area contributed by atoms with Crippen LogP contribution in [0.3, 0.4) is 0 Å². The lowest BCUT2D eigenvalue weighted by atomic mass is 10.0. The molecule has 0 saturated carbocycles. The minimum Gasteiger partial charge on any atom is -0.434 e. The van der Waals surface area contributed by atoms with Crippen LogP contribution in [-0.4, -0.2) is 6.61 Å². The van der Waals surface area contributed by atoms with Crippen molar-refractivity contribution in [1.82, 2.24) is 0 Å². The molecule has 0 heterocycles. The standard InChI is InChI=1S/C14H6Cl3F5O/c15-7-4-9(12(17)10(16)5-7)8-3-6(14(20,21)22)1-2-11(8)23-13(18)19/h1-5,13H. The molecular weight excluding hydrogens is 386 g/mol. The molecule has 1 nitrogen and oxygen atoms in total. The van der Waals surface area contributed by atoms with Crippen molar-refractivity contribution >= 4 is 34.8 Å². The molecule has 0 aromatic heterocycles. The van der Waals surface area contributed by atoms with E-state index >= 15 is 0 Å². The highest BCUT2D eigenvalue weighted by Crippen LogP contribution is 2.43. The van der Waals surface area contributed by atoms with Gasteiger partial charge in [0.15, 0.2) is 0 Å². The van der Waals surface area contributed by atoms with Crippen molar-refractivity contribution in [2.45, 2.75) is 12.8 Å². The molecule has 0 saturated heterocycles. The summed E-state index contributed by atoms with van der Waals surface area (Å²) in [5, 5.41) is -0.0844. The first-order chi connectivity index (χ1) is 10.6. The predicted octanol–water partition coefficient (Wildman–Crippen LogP) is 6.93. The van der Waals surface area contributed by atoms with Gasteiger partial charge in [-0.25, -0.2) is 0 Å². The molecule has 9 heteroatoms. The lowest BCUT2D eigenvalue weighted by molar-refractivity contribution is -0.137. The first-order valence-corrected chi connectivity index (χ1v) is 7.04. The SMILES string of the molecule is FC(F)Oc1ccc(C(F)(F)F)cc1-c1cc(Cl)cc(Cl)c1Cl. The summed E-state index contributed by atoms with van der Waals surface area (Å²) in [4.78, 5) is 0. The second-order valence-corrected chi connectivity index (χ2v) is 5.56. The van der Waals surface area contributed by atoms with Gasteiger partial charge in [0.1, 0.15) is 5.75 Å². The Morgan fingerprint density at radius 3 is 2.13 bits per heavy atom. The number of hydrogen-bond acceptors (Lipinski definition) is 1. The highest BCUT2D eigenvalue weighted by molar-refractivity contribution is 6.45. The summed E-state index contributed by atoms with van der Waals surface area (Å²) >= 11 is 17.6.